The predicted octanol–water partition coefficient (Wildman–Crippen LogP) is 2.62. The van der Waals surface area contributed by atoms with Crippen molar-refractivity contribution in [2.75, 3.05) is 5.01 Å². The van der Waals surface area contributed by atoms with E-state index in [0.717, 1.165) is 0 Å². The lowest BCUT2D eigenvalue weighted by Crippen LogP contribution is -2.74. The first-order valence-corrected chi connectivity index (χ1v) is 5.25. The zero-order valence-corrected chi connectivity index (χ0v) is 9.86. The van der Waals surface area contributed by atoms with Crippen molar-refractivity contribution in [2.45, 2.75) is 19.4 Å². The van der Waals surface area contributed by atoms with Crippen molar-refractivity contribution in [3.63, 3.8) is 0 Å². The average molecular weight is 245 g/mol. The summed E-state index contributed by atoms with van der Waals surface area (Å²) in [5.74, 6) is -0.0291. The van der Waals surface area contributed by atoms with Crippen LogP contribution in [0.15, 0.2) is 18.2 Å². The first-order chi connectivity index (χ1) is 6.94. The zero-order chi connectivity index (χ0) is 11.2. The standard InChI is InChI=1S/C10H10Cl2N2O/c1-10(2)9(15)13-14(10)7-5-3-4-6(11)8(7)12/h3-5H,1-2H3,(H,13,15). The Bertz CT molecular complexity index is 431. The van der Waals surface area contributed by atoms with Gasteiger partial charge < -0.3 is 0 Å². The molecule has 0 aromatic heterocycles. The van der Waals surface area contributed by atoms with Crippen LogP contribution in [0.3, 0.4) is 0 Å². The number of hydrogen-bond acceptors (Lipinski definition) is 2. The topological polar surface area (TPSA) is 32.3 Å². The van der Waals surface area contributed by atoms with Gasteiger partial charge >= 0.3 is 0 Å². The van der Waals surface area contributed by atoms with E-state index in [-0.39, 0.29) is 5.91 Å². The Balaban J connectivity index is 2.40. The molecule has 1 aliphatic rings. The number of hydrazine groups is 1. The molecule has 0 radical (unpaired) electrons. The summed E-state index contributed by atoms with van der Waals surface area (Å²) >= 11 is 11.9. The maximum Gasteiger partial charge on any atom is 0.265 e. The number of carbonyl (C=O) groups is 1. The molecule has 1 aromatic rings. The summed E-state index contributed by atoms with van der Waals surface area (Å²) < 4.78 is 0. The first kappa shape index (κ1) is 10.6. The summed E-state index contributed by atoms with van der Waals surface area (Å²) in [6.07, 6.45) is 0. The van der Waals surface area contributed by atoms with Gasteiger partial charge in [0.1, 0.15) is 5.54 Å². The molecule has 1 heterocycles. The molecule has 0 aliphatic carbocycles. The van der Waals surface area contributed by atoms with Crippen LogP contribution in [0.4, 0.5) is 5.69 Å². The van der Waals surface area contributed by atoms with Gasteiger partial charge in [0.25, 0.3) is 5.91 Å². The van der Waals surface area contributed by atoms with E-state index in [4.69, 9.17) is 23.2 Å². The lowest BCUT2D eigenvalue weighted by molar-refractivity contribution is -0.132. The van der Waals surface area contributed by atoms with E-state index in [2.05, 4.69) is 5.43 Å². The predicted molar refractivity (Wildman–Crippen MR) is 61.2 cm³/mol. The van der Waals surface area contributed by atoms with Gasteiger partial charge in [0, 0.05) is 0 Å². The van der Waals surface area contributed by atoms with Gasteiger partial charge in [-0.15, -0.1) is 0 Å². The molecule has 1 aliphatic heterocycles. The van der Waals surface area contributed by atoms with Crippen LogP contribution < -0.4 is 10.4 Å². The van der Waals surface area contributed by atoms with Crippen molar-refractivity contribution in [3.05, 3.63) is 28.2 Å². The highest BCUT2D eigenvalue weighted by molar-refractivity contribution is 6.43. The van der Waals surface area contributed by atoms with Crippen molar-refractivity contribution < 1.29 is 4.79 Å². The number of carbonyl (C=O) groups excluding carboxylic acids is 1. The quantitative estimate of drug-likeness (QED) is 0.824. The van der Waals surface area contributed by atoms with Gasteiger partial charge in [0.2, 0.25) is 0 Å². The number of benzene rings is 1. The average Bonchev–Trinajstić information content (AvgIpc) is 2.19. The summed E-state index contributed by atoms with van der Waals surface area (Å²) in [7, 11) is 0. The van der Waals surface area contributed by atoms with Gasteiger partial charge in [-0.2, -0.15) is 0 Å². The van der Waals surface area contributed by atoms with Crippen LogP contribution in [0, 0.1) is 0 Å². The highest BCUT2D eigenvalue weighted by Crippen LogP contribution is 2.37. The van der Waals surface area contributed by atoms with E-state index in [1.165, 1.54) is 0 Å². The molecule has 0 saturated carbocycles. The molecule has 0 unspecified atom stereocenters. The number of rotatable bonds is 1. The summed E-state index contributed by atoms with van der Waals surface area (Å²) in [6.45, 7) is 3.64. The molecular formula is C10H10Cl2N2O. The Kier molecular flexibility index (Phi) is 2.32. The van der Waals surface area contributed by atoms with Crippen molar-refractivity contribution in [2.24, 2.45) is 0 Å². The van der Waals surface area contributed by atoms with Gasteiger partial charge in [-0.1, -0.05) is 29.3 Å². The van der Waals surface area contributed by atoms with Crippen LogP contribution in [0.25, 0.3) is 0 Å². The maximum absolute atomic E-state index is 11.3. The molecule has 1 aromatic carbocycles. The van der Waals surface area contributed by atoms with Crippen molar-refractivity contribution in [1.29, 1.82) is 0 Å². The number of hydrogen-bond donors (Lipinski definition) is 1. The van der Waals surface area contributed by atoms with Gasteiger partial charge in [-0.3, -0.25) is 15.2 Å². The molecular weight excluding hydrogens is 235 g/mol. The third-order valence-corrected chi connectivity index (χ3v) is 3.31. The molecule has 3 nitrogen and oxygen atoms in total. The van der Waals surface area contributed by atoms with E-state index >= 15 is 0 Å². The third-order valence-electron chi connectivity index (χ3n) is 2.50. The largest absolute Gasteiger partial charge is 0.270 e. The van der Waals surface area contributed by atoms with Crippen molar-refractivity contribution in [1.82, 2.24) is 5.43 Å². The molecule has 15 heavy (non-hydrogen) atoms. The molecule has 2 rings (SSSR count). The monoisotopic (exact) mass is 244 g/mol. The van der Waals surface area contributed by atoms with Crippen LogP contribution in [0.1, 0.15) is 13.8 Å². The highest BCUT2D eigenvalue weighted by atomic mass is 35.5. The van der Waals surface area contributed by atoms with Gasteiger partial charge in [0.05, 0.1) is 15.7 Å². The molecule has 1 fully saturated rings. The second-order valence-corrected chi connectivity index (χ2v) is 4.69. The minimum atomic E-state index is -0.575. The van der Waals surface area contributed by atoms with Gasteiger partial charge in [-0.05, 0) is 26.0 Å². The molecule has 1 saturated heterocycles. The summed E-state index contributed by atoms with van der Waals surface area (Å²) in [6, 6.07) is 5.32. The fourth-order valence-corrected chi connectivity index (χ4v) is 1.83. The first-order valence-electron chi connectivity index (χ1n) is 4.50. The second kappa shape index (κ2) is 3.29. The lowest BCUT2D eigenvalue weighted by Gasteiger charge is -2.48. The van der Waals surface area contributed by atoms with Crippen LogP contribution in [0.5, 0.6) is 0 Å². The fourth-order valence-electron chi connectivity index (χ4n) is 1.45. The zero-order valence-electron chi connectivity index (χ0n) is 8.34. The molecule has 0 spiro atoms. The van der Waals surface area contributed by atoms with Crippen molar-refractivity contribution >= 4 is 34.8 Å². The number of anilines is 1. The Hall–Kier alpha value is -0.930. The van der Waals surface area contributed by atoms with E-state index in [9.17, 15) is 4.79 Å². The summed E-state index contributed by atoms with van der Waals surface area (Å²) in [5.41, 5.74) is 2.81. The maximum atomic E-state index is 11.3. The van der Waals surface area contributed by atoms with Gasteiger partial charge in [-0.25, -0.2) is 0 Å². The molecule has 80 valence electrons. The molecule has 1 N–H and O–H groups in total. The normalized spacial score (nSPS) is 18.4. The Morgan fingerprint density at radius 2 is 2.00 bits per heavy atom. The minimum absolute atomic E-state index is 0.0291. The number of nitrogens with zero attached hydrogens (tertiary/aromatic N) is 1. The van der Waals surface area contributed by atoms with E-state index < -0.39 is 5.54 Å². The van der Waals surface area contributed by atoms with E-state index in [1.807, 2.05) is 19.9 Å². The molecule has 5 heteroatoms. The number of nitrogens with one attached hydrogen (secondary N) is 1. The summed E-state index contributed by atoms with van der Waals surface area (Å²) in [4.78, 5) is 11.3. The minimum Gasteiger partial charge on any atom is -0.270 e. The molecule has 0 atom stereocenters. The van der Waals surface area contributed by atoms with Gasteiger partial charge in [0.15, 0.2) is 0 Å². The van der Waals surface area contributed by atoms with E-state index in [0.29, 0.717) is 15.7 Å². The number of halogens is 2. The van der Waals surface area contributed by atoms with Crippen LogP contribution in [0.2, 0.25) is 10.0 Å². The smallest absolute Gasteiger partial charge is 0.265 e. The third kappa shape index (κ3) is 1.46. The lowest BCUT2D eigenvalue weighted by atomic mass is 9.98. The highest BCUT2D eigenvalue weighted by Gasteiger charge is 2.46. The van der Waals surface area contributed by atoms with Crippen molar-refractivity contribution in [3.8, 4) is 0 Å². The Labute approximate surface area is 97.9 Å². The molecule has 1 amide bonds. The Morgan fingerprint density at radius 3 is 2.53 bits per heavy atom. The second-order valence-electron chi connectivity index (χ2n) is 3.91. The summed E-state index contributed by atoms with van der Waals surface area (Å²) in [5, 5.41) is 2.64. The van der Waals surface area contributed by atoms with Crippen LogP contribution >= 0.6 is 23.2 Å². The van der Waals surface area contributed by atoms with Crippen LogP contribution in [-0.2, 0) is 4.79 Å². The fraction of sp³-hybridized carbons (Fsp3) is 0.300. The number of amides is 1. The van der Waals surface area contributed by atoms with Crippen LogP contribution in [-0.4, -0.2) is 11.4 Å². The Morgan fingerprint density at radius 1 is 1.33 bits per heavy atom. The molecule has 0 bridgehead atoms. The van der Waals surface area contributed by atoms with E-state index in [1.54, 1.807) is 17.1 Å². The SMILES string of the molecule is CC1(C)C(=O)NN1c1cccc(Cl)c1Cl.